The molecule has 1 nitrogen and oxygen atoms in total. The molecule has 0 radical (unpaired) electrons. The number of aliphatic hydroxyl groups excluding tert-OH is 1. The van der Waals surface area contributed by atoms with E-state index in [0.717, 1.165) is 5.56 Å². The molecule has 1 aromatic rings. The van der Waals surface area contributed by atoms with E-state index in [9.17, 15) is 0 Å². The van der Waals surface area contributed by atoms with Crippen molar-refractivity contribution in [3.8, 4) is 0 Å². The summed E-state index contributed by atoms with van der Waals surface area (Å²) < 4.78 is 0. The van der Waals surface area contributed by atoms with E-state index in [0.29, 0.717) is 0 Å². The zero-order chi connectivity index (χ0) is 6.69. The van der Waals surface area contributed by atoms with Crippen LogP contribution in [0.2, 0.25) is 0 Å². The molecule has 1 atom stereocenters. The van der Waals surface area contributed by atoms with Crippen LogP contribution >= 0.6 is 11.6 Å². The van der Waals surface area contributed by atoms with Crippen LogP contribution in [0.15, 0.2) is 30.3 Å². The highest BCUT2D eigenvalue weighted by atomic mass is 35.5. The number of halogens is 1. The van der Waals surface area contributed by atoms with E-state index >= 15 is 0 Å². The van der Waals surface area contributed by atoms with Crippen molar-refractivity contribution in [2.24, 2.45) is 0 Å². The van der Waals surface area contributed by atoms with E-state index in [-0.39, 0.29) is 1.43 Å². The Morgan fingerprint density at radius 1 is 1.33 bits per heavy atom. The predicted molar refractivity (Wildman–Crippen MR) is 38.4 cm³/mol. The molecule has 1 N–H and O–H groups in total. The number of aliphatic hydroxyl groups is 1. The van der Waals surface area contributed by atoms with Gasteiger partial charge in [0.25, 0.3) is 0 Å². The SMILES string of the molecule is OC(Cl)c1ccccc1.[H+]. The summed E-state index contributed by atoms with van der Waals surface area (Å²) >= 11 is 5.36. The number of benzene rings is 1. The third-order valence-electron chi connectivity index (χ3n) is 1.07. The lowest BCUT2D eigenvalue weighted by molar-refractivity contribution is 0.263. The molecule has 0 amide bonds. The Bertz CT molecular complexity index is 176. The average molecular weight is 144 g/mol. The lowest BCUT2D eigenvalue weighted by Gasteiger charge is -1.98. The maximum absolute atomic E-state index is 8.79. The van der Waals surface area contributed by atoms with Crippen LogP contribution in [0, 0.1) is 0 Å². The molecule has 48 valence electrons. The van der Waals surface area contributed by atoms with E-state index in [2.05, 4.69) is 0 Å². The zero-order valence-corrected chi connectivity index (χ0v) is 5.55. The zero-order valence-electron chi connectivity index (χ0n) is 5.79. The van der Waals surface area contributed by atoms with Gasteiger partial charge in [-0.05, 0) is 5.56 Å². The Morgan fingerprint density at radius 3 is 2.22 bits per heavy atom. The fourth-order valence-electron chi connectivity index (χ4n) is 0.612. The normalized spacial score (nSPS) is 13.1. The molecule has 0 aliphatic carbocycles. The molecular weight excluding hydrogens is 136 g/mol. The van der Waals surface area contributed by atoms with E-state index < -0.39 is 5.56 Å². The number of hydrogen-bond donors (Lipinski definition) is 1. The van der Waals surface area contributed by atoms with Gasteiger partial charge in [0.1, 0.15) is 0 Å². The molecule has 1 aromatic carbocycles. The lowest BCUT2D eigenvalue weighted by Crippen LogP contribution is -1.84. The number of alkyl halides is 1. The van der Waals surface area contributed by atoms with Crippen LogP contribution in [0.25, 0.3) is 0 Å². The molecular formula is C7H8ClO+. The quantitative estimate of drug-likeness (QED) is 0.597. The minimum atomic E-state index is -0.869. The van der Waals surface area contributed by atoms with Gasteiger partial charge in [-0.1, -0.05) is 41.9 Å². The second-order valence-corrected chi connectivity index (χ2v) is 2.16. The summed E-state index contributed by atoms with van der Waals surface area (Å²) in [6, 6.07) is 9.10. The number of rotatable bonds is 1. The topological polar surface area (TPSA) is 20.2 Å². The van der Waals surface area contributed by atoms with Crippen LogP contribution < -0.4 is 0 Å². The Labute approximate surface area is 60.4 Å². The Balaban J connectivity index is 0.000000810. The summed E-state index contributed by atoms with van der Waals surface area (Å²) in [6.45, 7) is 0. The standard InChI is InChI=1S/C7H7ClO/c8-7(9)6-4-2-1-3-5-6/h1-5,7,9H/p+1. The highest BCUT2D eigenvalue weighted by Gasteiger charge is 1.97. The van der Waals surface area contributed by atoms with Gasteiger partial charge in [0.05, 0.1) is 0 Å². The maximum Gasteiger partial charge on any atom is 1.00 e. The van der Waals surface area contributed by atoms with Crippen LogP contribution in [0.4, 0.5) is 0 Å². The average Bonchev–Trinajstić information content (AvgIpc) is 1.90. The first-order valence-electron chi connectivity index (χ1n) is 2.68. The smallest absolute Gasteiger partial charge is 0.373 e. The molecule has 0 aliphatic rings. The third-order valence-corrected chi connectivity index (χ3v) is 1.33. The van der Waals surface area contributed by atoms with Crippen LogP contribution in [0.1, 0.15) is 12.6 Å². The van der Waals surface area contributed by atoms with Gasteiger partial charge in [-0.3, -0.25) is 0 Å². The van der Waals surface area contributed by atoms with Crippen LogP contribution in [-0.4, -0.2) is 5.11 Å². The van der Waals surface area contributed by atoms with Crippen molar-refractivity contribution in [1.29, 1.82) is 0 Å². The summed E-state index contributed by atoms with van der Waals surface area (Å²) in [7, 11) is 0. The molecule has 0 spiro atoms. The molecule has 9 heavy (non-hydrogen) atoms. The van der Waals surface area contributed by atoms with Gasteiger partial charge in [0.15, 0.2) is 5.56 Å². The largest absolute Gasteiger partial charge is 1.00 e. The Morgan fingerprint density at radius 2 is 1.89 bits per heavy atom. The van der Waals surface area contributed by atoms with Gasteiger partial charge in [0.2, 0.25) is 0 Å². The Kier molecular flexibility index (Phi) is 2.09. The van der Waals surface area contributed by atoms with Gasteiger partial charge in [-0.15, -0.1) is 0 Å². The first-order chi connectivity index (χ1) is 4.30. The second-order valence-electron chi connectivity index (χ2n) is 1.75. The van der Waals surface area contributed by atoms with Crippen LogP contribution in [0.3, 0.4) is 0 Å². The fraction of sp³-hybridized carbons (Fsp3) is 0.143. The lowest BCUT2D eigenvalue weighted by atomic mass is 10.2. The number of hydrogen-bond acceptors (Lipinski definition) is 1. The van der Waals surface area contributed by atoms with Crippen molar-refractivity contribution >= 4 is 11.6 Å². The first-order valence-corrected chi connectivity index (χ1v) is 3.11. The molecule has 2 heteroatoms. The van der Waals surface area contributed by atoms with Crippen molar-refractivity contribution < 1.29 is 6.53 Å². The predicted octanol–water partition coefficient (Wildman–Crippen LogP) is 2.03. The second kappa shape index (κ2) is 2.85. The monoisotopic (exact) mass is 143 g/mol. The third kappa shape index (κ3) is 1.70. The Hall–Kier alpha value is -0.530. The molecule has 0 saturated heterocycles. The highest BCUT2D eigenvalue weighted by molar-refractivity contribution is 6.19. The van der Waals surface area contributed by atoms with Crippen LogP contribution in [0.5, 0.6) is 0 Å². The summed E-state index contributed by atoms with van der Waals surface area (Å²) in [5, 5.41) is 8.79. The first kappa shape index (κ1) is 6.59. The van der Waals surface area contributed by atoms with Crippen molar-refractivity contribution in [3.05, 3.63) is 35.9 Å². The van der Waals surface area contributed by atoms with E-state index in [4.69, 9.17) is 16.7 Å². The molecule has 1 unspecified atom stereocenters. The van der Waals surface area contributed by atoms with Gasteiger partial charge in [-0.25, -0.2) is 0 Å². The van der Waals surface area contributed by atoms with E-state index in [1.165, 1.54) is 0 Å². The van der Waals surface area contributed by atoms with Crippen molar-refractivity contribution in [2.45, 2.75) is 5.56 Å². The molecule has 0 aliphatic heterocycles. The van der Waals surface area contributed by atoms with E-state index in [1.807, 2.05) is 18.2 Å². The summed E-state index contributed by atoms with van der Waals surface area (Å²) in [4.78, 5) is 0. The molecule has 0 saturated carbocycles. The van der Waals surface area contributed by atoms with Gasteiger partial charge < -0.3 is 5.11 Å². The summed E-state index contributed by atoms with van der Waals surface area (Å²) in [6.07, 6.45) is 0. The summed E-state index contributed by atoms with van der Waals surface area (Å²) in [5.74, 6) is 0. The van der Waals surface area contributed by atoms with Gasteiger partial charge in [-0.2, -0.15) is 0 Å². The fourth-order valence-corrected chi connectivity index (χ4v) is 0.757. The van der Waals surface area contributed by atoms with Crippen LogP contribution in [-0.2, 0) is 0 Å². The van der Waals surface area contributed by atoms with Gasteiger partial charge >= 0.3 is 1.43 Å². The molecule has 0 bridgehead atoms. The minimum absolute atomic E-state index is 0. The highest BCUT2D eigenvalue weighted by Crippen LogP contribution is 2.14. The molecule has 1 rings (SSSR count). The van der Waals surface area contributed by atoms with Crippen molar-refractivity contribution in [1.82, 2.24) is 0 Å². The molecule has 0 heterocycles. The molecule has 0 aromatic heterocycles. The van der Waals surface area contributed by atoms with Crippen molar-refractivity contribution in [2.75, 3.05) is 0 Å². The minimum Gasteiger partial charge on any atom is -0.373 e. The maximum atomic E-state index is 8.79. The van der Waals surface area contributed by atoms with Gasteiger partial charge in [0, 0.05) is 0 Å². The van der Waals surface area contributed by atoms with E-state index in [1.54, 1.807) is 12.1 Å². The van der Waals surface area contributed by atoms with Crippen molar-refractivity contribution in [3.63, 3.8) is 0 Å². The molecule has 0 fully saturated rings. The summed E-state index contributed by atoms with van der Waals surface area (Å²) in [5.41, 5.74) is -0.134.